The number of esters is 2. The fraction of sp³-hybridized carbons (Fsp3) is 0.310. The number of fused-ring (bicyclic) bond motifs is 1. The molecule has 1 amide bonds. The minimum atomic E-state index is -0.804. The number of methoxy groups -OCH3 is 1. The van der Waals surface area contributed by atoms with E-state index in [9.17, 15) is 14.4 Å². The van der Waals surface area contributed by atoms with Crippen LogP contribution >= 0.6 is 23.1 Å². The molecule has 1 aromatic heterocycles. The van der Waals surface area contributed by atoms with Gasteiger partial charge >= 0.3 is 11.9 Å². The normalized spacial score (nSPS) is 17.5. The van der Waals surface area contributed by atoms with Gasteiger partial charge in [-0.2, -0.15) is 0 Å². The summed E-state index contributed by atoms with van der Waals surface area (Å²) in [6, 6.07) is 8.86. The van der Waals surface area contributed by atoms with E-state index in [0.29, 0.717) is 34.7 Å². The van der Waals surface area contributed by atoms with Gasteiger partial charge in [0.25, 0.3) is 5.91 Å². The molecular formula is C29H29N3O6S2. The highest BCUT2D eigenvalue weighted by atomic mass is 32.2. The van der Waals surface area contributed by atoms with E-state index in [-0.39, 0.29) is 29.4 Å². The number of nitrogens with one attached hydrogen (secondary N) is 1. The van der Waals surface area contributed by atoms with Gasteiger partial charge in [0.2, 0.25) is 0 Å². The maximum atomic E-state index is 13.2. The first-order valence-corrected chi connectivity index (χ1v) is 14.4. The van der Waals surface area contributed by atoms with Crippen LogP contribution in [0.1, 0.15) is 43.2 Å². The van der Waals surface area contributed by atoms with Crippen LogP contribution in [-0.2, 0) is 20.9 Å². The molecule has 2 aliphatic heterocycles. The predicted octanol–water partition coefficient (Wildman–Crippen LogP) is 5.66. The van der Waals surface area contributed by atoms with Gasteiger partial charge in [0.1, 0.15) is 28.9 Å². The van der Waals surface area contributed by atoms with E-state index >= 15 is 0 Å². The number of nitrogens with zero attached hydrogens (tertiary/aromatic N) is 2. The summed E-state index contributed by atoms with van der Waals surface area (Å²) in [6.45, 7) is 5.58. The lowest BCUT2D eigenvalue weighted by Gasteiger charge is -2.39. The second kappa shape index (κ2) is 11.0. The second-order valence-corrected chi connectivity index (χ2v) is 12.2. The fourth-order valence-corrected chi connectivity index (χ4v) is 6.35. The summed E-state index contributed by atoms with van der Waals surface area (Å²) in [5.74, 6) is -0.259. The smallest absolute Gasteiger partial charge is 0.363 e. The number of likely N-dealkylation sites (N-methyl/N-ethyl adjacent to an activating group) is 1. The van der Waals surface area contributed by atoms with Crippen molar-refractivity contribution >= 4 is 52.3 Å². The summed E-state index contributed by atoms with van der Waals surface area (Å²) in [5.41, 5.74) is 4.42. The standard InChI is InChI=1S/C29H29N3O6S2/c1-16-6-11-24(40-16)27(34)37-13-20-18(9-10-21-25(20)32(4)28(35)29(2,3)31-21)19-8-7-17(12-23(19)36-5)38-26(33)22-14-39-15-30-22/h6-10,12,14-15,24,31H,11,13H2,1-5H3. The molecule has 1 atom stereocenters. The van der Waals surface area contributed by atoms with Crippen LogP contribution < -0.4 is 19.7 Å². The van der Waals surface area contributed by atoms with E-state index in [1.165, 1.54) is 30.2 Å². The lowest BCUT2D eigenvalue weighted by molar-refractivity contribution is -0.144. The van der Waals surface area contributed by atoms with Crippen LogP contribution in [0.25, 0.3) is 11.1 Å². The van der Waals surface area contributed by atoms with Gasteiger partial charge in [0, 0.05) is 29.6 Å². The molecule has 9 nitrogen and oxygen atoms in total. The molecule has 2 aromatic carbocycles. The summed E-state index contributed by atoms with van der Waals surface area (Å²) in [5, 5.41) is 4.64. The Labute approximate surface area is 240 Å². The first kappa shape index (κ1) is 27.7. The molecule has 5 rings (SSSR count). The number of hydrogen-bond donors (Lipinski definition) is 1. The Morgan fingerprint density at radius 2 is 1.98 bits per heavy atom. The van der Waals surface area contributed by atoms with Crippen LogP contribution in [0.2, 0.25) is 0 Å². The van der Waals surface area contributed by atoms with Gasteiger partial charge in [-0.1, -0.05) is 12.1 Å². The molecule has 208 valence electrons. The molecule has 40 heavy (non-hydrogen) atoms. The lowest BCUT2D eigenvalue weighted by atomic mass is 9.91. The molecule has 0 radical (unpaired) electrons. The van der Waals surface area contributed by atoms with Crippen LogP contribution in [0.15, 0.2) is 52.2 Å². The molecule has 1 N–H and O–H groups in total. The largest absolute Gasteiger partial charge is 0.496 e. The van der Waals surface area contributed by atoms with Gasteiger partial charge in [0.05, 0.1) is 24.0 Å². The van der Waals surface area contributed by atoms with Crippen LogP contribution in [-0.4, -0.2) is 47.8 Å². The summed E-state index contributed by atoms with van der Waals surface area (Å²) in [4.78, 5) is 45.3. The molecule has 1 unspecified atom stereocenters. The molecule has 3 aromatic rings. The number of ether oxygens (including phenoxy) is 3. The molecule has 0 bridgehead atoms. The molecule has 0 spiro atoms. The number of carbonyl (C=O) groups excluding carboxylic acids is 3. The van der Waals surface area contributed by atoms with E-state index in [1.807, 2.05) is 39.0 Å². The van der Waals surface area contributed by atoms with Crippen LogP contribution in [0.5, 0.6) is 11.5 Å². The monoisotopic (exact) mass is 579 g/mol. The molecule has 0 saturated heterocycles. The minimum absolute atomic E-state index is 0.0447. The third-order valence-electron chi connectivity index (χ3n) is 6.79. The number of thioether (sulfide) groups is 1. The van der Waals surface area contributed by atoms with E-state index in [1.54, 1.807) is 41.0 Å². The van der Waals surface area contributed by atoms with Crippen LogP contribution in [0.4, 0.5) is 11.4 Å². The number of benzene rings is 2. The Bertz CT molecular complexity index is 1520. The molecule has 0 aliphatic carbocycles. The maximum Gasteiger partial charge on any atom is 0.363 e. The van der Waals surface area contributed by atoms with Crippen molar-refractivity contribution in [3.05, 3.63) is 63.5 Å². The van der Waals surface area contributed by atoms with E-state index in [2.05, 4.69) is 10.3 Å². The average Bonchev–Trinajstić information content (AvgIpc) is 3.62. The van der Waals surface area contributed by atoms with E-state index in [4.69, 9.17) is 14.2 Å². The molecule has 0 saturated carbocycles. The predicted molar refractivity (Wildman–Crippen MR) is 156 cm³/mol. The van der Waals surface area contributed by atoms with Crippen molar-refractivity contribution in [3.63, 3.8) is 0 Å². The van der Waals surface area contributed by atoms with Crippen molar-refractivity contribution in [2.75, 3.05) is 24.4 Å². The molecule has 2 aliphatic rings. The zero-order valence-corrected chi connectivity index (χ0v) is 24.4. The molecular weight excluding hydrogens is 550 g/mol. The highest BCUT2D eigenvalue weighted by molar-refractivity contribution is 8.04. The quantitative estimate of drug-likeness (QED) is 0.280. The van der Waals surface area contributed by atoms with Crippen molar-refractivity contribution in [2.45, 2.75) is 44.6 Å². The Morgan fingerprint density at radius 3 is 2.65 bits per heavy atom. The SMILES string of the molecule is COc1cc(OC(=O)c2cscn2)ccc1-c1ccc2c(c1COC(=O)C1CC=C(C)S1)N(C)C(=O)C(C)(C)N2. The van der Waals surface area contributed by atoms with Crippen LogP contribution in [0.3, 0.4) is 0 Å². The number of allylic oxidation sites excluding steroid dienone is 2. The second-order valence-electron chi connectivity index (χ2n) is 9.99. The van der Waals surface area contributed by atoms with Gasteiger partial charge < -0.3 is 24.4 Å². The number of thiazole rings is 1. The van der Waals surface area contributed by atoms with E-state index < -0.39 is 11.5 Å². The highest BCUT2D eigenvalue weighted by Gasteiger charge is 2.39. The number of carbonyl (C=O) groups is 3. The van der Waals surface area contributed by atoms with Gasteiger partial charge in [-0.15, -0.1) is 23.1 Å². The van der Waals surface area contributed by atoms with Gasteiger partial charge in [-0.25, -0.2) is 9.78 Å². The van der Waals surface area contributed by atoms with Gasteiger partial charge in [-0.05, 0) is 55.9 Å². The van der Waals surface area contributed by atoms with E-state index in [0.717, 1.165) is 16.2 Å². The van der Waals surface area contributed by atoms with Crippen molar-refractivity contribution in [1.82, 2.24) is 4.98 Å². The Morgan fingerprint density at radius 1 is 1.20 bits per heavy atom. The van der Waals surface area contributed by atoms with Crippen molar-refractivity contribution < 1.29 is 28.6 Å². The number of rotatable bonds is 7. The fourth-order valence-electron chi connectivity index (χ4n) is 4.83. The zero-order valence-electron chi connectivity index (χ0n) is 22.8. The minimum Gasteiger partial charge on any atom is -0.496 e. The summed E-state index contributed by atoms with van der Waals surface area (Å²) in [7, 11) is 3.24. The average molecular weight is 580 g/mol. The van der Waals surface area contributed by atoms with Crippen LogP contribution in [0, 0.1) is 0 Å². The van der Waals surface area contributed by atoms with Gasteiger partial charge in [-0.3, -0.25) is 9.59 Å². The molecule has 3 heterocycles. The Kier molecular flexibility index (Phi) is 7.61. The Balaban J connectivity index is 1.53. The topological polar surface area (TPSA) is 107 Å². The molecule has 0 fully saturated rings. The summed E-state index contributed by atoms with van der Waals surface area (Å²) < 4.78 is 17.0. The van der Waals surface area contributed by atoms with Crippen molar-refractivity contribution in [1.29, 1.82) is 0 Å². The highest BCUT2D eigenvalue weighted by Crippen LogP contribution is 2.45. The molecule has 11 heteroatoms. The first-order chi connectivity index (χ1) is 19.1. The lowest BCUT2D eigenvalue weighted by Crippen LogP contribution is -2.52. The number of aromatic nitrogens is 1. The third-order valence-corrected chi connectivity index (χ3v) is 8.58. The van der Waals surface area contributed by atoms with Crippen molar-refractivity contribution in [3.8, 4) is 22.6 Å². The van der Waals surface area contributed by atoms with Gasteiger partial charge in [0.15, 0.2) is 5.69 Å². The zero-order chi connectivity index (χ0) is 28.6. The summed E-state index contributed by atoms with van der Waals surface area (Å²) in [6.07, 6.45) is 2.65. The number of amides is 1. The third kappa shape index (κ3) is 5.31. The first-order valence-electron chi connectivity index (χ1n) is 12.6. The number of anilines is 2. The summed E-state index contributed by atoms with van der Waals surface area (Å²) >= 11 is 2.80. The maximum absolute atomic E-state index is 13.2. The number of hydrogen-bond acceptors (Lipinski definition) is 10. The Hall–Kier alpha value is -3.83. The van der Waals surface area contributed by atoms with Crippen molar-refractivity contribution in [2.24, 2.45) is 0 Å².